The van der Waals surface area contributed by atoms with Crippen LogP contribution in [0, 0.1) is 5.41 Å². The lowest BCUT2D eigenvalue weighted by Crippen LogP contribution is -2.40. The molecule has 0 aromatic heterocycles. The summed E-state index contributed by atoms with van der Waals surface area (Å²) in [7, 11) is 0. The van der Waals surface area contributed by atoms with Gasteiger partial charge in [0.15, 0.2) is 0 Å². The van der Waals surface area contributed by atoms with Crippen molar-refractivity contribution in [2.24, 2.45) is 10.6 Å². The maximum Gasteiger partial charge on any atom is 0.0510 e. The molecule has 0 aromatic rings. The van der Waals surface area contributed by atoms with Gasteiger partial charge in [0.1, 0.15) is 0 Å². The van der Waals surface area contributed by atoms with Crippen LogP contribution in [0.15, 0.2) is 30.5 Å². The van der Waals surface area contributed by atoms with Crippen molar-refractivity contribution in [1.82, 2.24) is 4.90 Å². The van der Waals surface area contributed by atoms with Crippen molar-refractivity contribution in [2.75, 3.05) is 19.6 Å². The normalized spacial score (nSPS) is 19.6. The Balaban J connectivity index is 2.68. The Morgan fingerprint density at radius 3 is 2.18 bits per heavy atom. The molecule has 1 fully saturated rings. The molecule has 1 N–H and O–H groups in total. The molecule has 0 bridgehead atoms. The van der Waals surface area contributed by atoms with E-state index < -0.39 is 0 Å². The standard InChI is InChI=1S/C14H24N2O/c1-3-10-16(11-4-2)13-14(12-15-17)8-6-5-7-9-14/h3-4,12,17H,1-2,5-11,13H2. The number of hydrogen-bond acceptors (Lipinski definition) is 3. The minimum absolute atomic E-state index is 0.0407. The molecule has 0 saturated heterocycles. The van der Waals surface area contributed by atoms with Crippen LogP contribution in [-0.2, 0) is 0 Å². The Morgan fingerprint density at radius 2 is 1.71 bits per heavy atom. The van der Waals surface area contributed by atoms with Crippen LogP contribution in [0.4, 0.5) is 0 Å². The molecule has 0 aliphatic heterocycles. The van der Waals surface area contributed by atoms with Crippen LogP contribution in [0.2, 0.25) is 0 Å². The van der Waals surface area contributed by atoms with Crippen molar-refractivity contribution in [1.29, 1.82) is 0 Å². The third-order valence-electron chi connectivity index (χ3n) is 3.49. The third-order valence-corrected chi connectivity index (χ3v) is 3.49. The molecule has 1 saturated carbocycles. The first-order valence-electron chi connectivity index (χ1n) is 6.39. The highest BCUT2D eigenvalue weighted by atomic mass is 16.4. The summed E-state index contributed by atoms with van der Waals surface area (Å²) in [4.78, 5) is 2.30. The second kappa shape index (κ2) is 7.28. The van der Waals surface area contributed by atoms with E-state index in [1.807, 2.05) is 12.2 Å². The minimum Gasteiger partial charge on any atom is -0.411 e. The van der Waals surface area contributed by atoms with Crippen molar-refractivity contribution in [3.63, 3.8) is 0 Å². The van der Waals surface area contributed by atoms with Crippen LogP contribution in [0.1, 0.15) is 32.1 Å². The molecule has 0 atom stereocenters. The highest BCUT2D eigenvalue weighted by Gasteiger charge is 2.32. The summed E-state index contributed by atoms with van der Waals surface area (Å²) in [6, 6.07) is 0. The van der Waals surface area contributed by atoms with E-state index in [-0.39, 0.29) is 5.41 Å². The Morgan fingerprint density at radius 1 is 1.12 bits per heavy atom. The minimum atomic E-state index is 0.0407. The summed E-state index contributed by atoms with van der Waals surface area (Å²) < 4.78 is 0. The van der Waals surface area contributed by atoms with Crippen molar-refractivity contribution in [2.45, 2.75) is 32.1 Å². The Kier molecular flexibility index (Phi) is 5.98. The predicted octanol–water partition coefficient (Wildman–Crippen LogP) is 3.07. The first-order chi connectivity index (χ1) is 8.26. The molecule has 96 valence electrons. The summed E-state index contributed by atoms with van der Waals surface area (Å²) >= 11 is 0. The van der Waals surface area contributed by atoms with Crippen LogP contribution in [0.25, 0.3) is 0 Å². The Labute approximate surface area is 105 Å². The van der Waals surface area contributed by atoms with Gasteiger partial charge < -0.3 is 5.21 Å². The fraction of sp³-hybridized carbons (Fsp3) is 0.643. The van der Waals surface area contributed by atoms with E-state index in [1.54, 1.807) is 6.21 Å². The predicted molar refractivity (Wildman–Crippen MR) is 72.6 cm³/mol. The van der Waals surface area contributed by atoms with Crippen molar-refractivity contribution >= 4 is 6.21 Å². The molecular formula is C14H24N2O. The molecule has 1 aliphatic carbocycles. The molecule has 17 heavy (non-hydrogen) atoms. The molecule has 1 aliphatic rings. The average Bonchev–Trinajstić information content (AvgIpc) is 2.31. The molecule has 0 aromatic carbocycles. The zero-order valence-corrected chi connectivity index (χ0v) is 10.6. The van der Waals surface area contributed by atoms with Gasteiger partial charge in [-0.25, -0.2) is 0 Å². The summed E-state index contributed by atoms with van der Waals surface area (Å²) in [6.45, 7) is 10.2. The topological polar surface area (TPSA) is 35.8 Å². The fourth-order valence-corrected chi connectivity index (χ4v) is 2.72. The summed E-state index contributed by atoms with van der Waals surface area (Å²) in [5.41, 5.74) is 0.0407. The average molecular weight is 236 g/mol. The van der Waals surface area contributed by atoms with E-state index in [4.69, 9.17) is 5.21 Å². The van der Waals surface area contributed by atoms with E-state index in [2.05, 4.69) is 23.2 Å². The number of rotatable bonds is 7. The van der Waals surface area contributed by atoms with E-state index in [0.29, 0.717) is 0 Å². The largest absolute Gasteiger partial charge is 0.411 e. The van der Waals surface area contributed by atoms with Crippen molar-refractivity contribution in [3.05, 3.63) is 25.3 Å². The van der Waals surface area contributed by atoms with Crippen LogP contribution in [0.5, 0.6) is 0 Å². The number of oxime groups is 1. The monoisotopic (exact) mass is 236 g/mol. The van der Waals surface area contributed by atoms with Gasteiger partial charge >= 0.3 is 0 Å². The van der Waals surface area contributed by atoms with E-state index >= 15 is 0 Å². The number of nitrogens with zero attached hydrogens (tertiary/aromatic N) is 2. The molecule has 3 nitrogen and oxygen atoms in total. The summed E-state index contributed by atoms with van der Waals surface area (Å²) in [5, 5.41) is 12.2. The number of hydrogen-bond donors (Lipinski definition) is 1. The van der Waals surface area contributed by atoms with Gasteiger partial charge in [-0.15, -0.1) is 18.3 Å². The van der Waals surface area contributed by atoms with Gasteiger partial charge in [0.25, 0.3) is 0 Å². The quantitative estimate of drug-likeness (QED) is 0.319. The molecule has 0 spiro atoms. The Bertz CT molecular complexity index is 257. The second-order valence-corrected chi connectivity index (χ2v) is 4.94. The van der Waals surface area contributed by atoms with Crippen LogP contribution in [0.3, 0.4) is 0 Å². The molecule has 0 unspecified atom stereocenters. The van der Waals surface area contributed by atoms with E-state index in [1.165, 1.54) is 19.3 Å². The van der Waals surface area contributed by atoms with Crippen LogP contribution >= 0.6 is 0 Å². The molecular weight excluding hydrogens is 212 g/mol. The lowest BCUT2D eigenvalue weighted by molar-refractivity contribution is 0.183. The fourth-order valence-electron chi connectivity index (χ4n) is 2.72. The third kappa shape index (κ3) is 4.35. The van der Waals surface area contributed by atoms with Crippen LogP contribution in [-0.4, -0.2) is 36.0 Å². The first kappa shape index (κ1) is 14.0. The van der Waals surface area contributed by atoms with Gasteiger partial charge in [0.2, 0.25) is 0 Å². The second-order valence-electron chi connectivity index (χ2n) is 4.94. The summed E-state index contributed by atoms with van der Waals surface area (Å²) in [6.07, 6.45) is 11.5. The van der Waals surface area contributed by atoms with Gasteiger partial charge in [-0.1, -0.05) is 31.4 Å². The lowest BCUT2D eigenvalue weighted by Gasteiger charge is -2.37. The van der Waals surface area contributed by atoms with Crippen LogP contribution < -0.4 is 0 Å². The zero-order chi connectivity index (χ0) is 12.6. The maximum atomic E-state index is 8.87. The molecule has 3 heteroatoms. The smallest absolute Gasteiger partial charge is 0.0510 e. The van der Waals surface area contributed by atoms with Crippen molar-refractivity contribution < 1.29 is 5.21 Å². The molecule has 0 radical (unpaired) electrons. The maximum absolute atomic E-state index is 8.87. The van der Waals surface area contributed by atoms with Crippen molar-refractivity contribution in [3.8, 4) is 0 Å². The SMILES string of the molecule is C=CCN(CC=C)CC1(C=NO)CCCCC1. The molecule has 1 rings (SSSR count). The van der Waals surface area contributed by atoms with Gasteiger partial charge in [-0.2, -0.15) is 0 Å². The summed E-state index contributed by atoms with van der Waals surface area (Å²) in [5.74, 6) is 0. The first-order valence-corrected chi connectivity index (χ1v) is 6.39. The van der Waals surface area contributed by atoms with Gasteiger partial charge in [-0.05, 0) is 12.8 Å². The zero-order valence-electron chi connectivity index (χ0n) is 10.6. The van der Waals surface area contributed by atoms with Gasteiger partial charge in [0.05, 0.1) is 6.21 Å². The van der Waals surface area contributed by atoms with Gasteiger partial charge in [0, 0.05) is 25.0 Å². The molecule has 0 heterocycles. The highest BCUT2D eigenvalue weighted by Crippen LogP contribution is 2.35. The van der Waals surface area contributed by atoms with E-state index in [0.717, 1.165) is 32.5 Å². The van der Waals surface area contributed by atoms with Gasteiger partial charge in [-0.3, -0.25) is 4.90 Å². The van der Waals surface area contributed by atoms with E-state index in [9.17, 15) is 0 Å². The molecule has 0 amide bonds. The Hall–Kier alpha value is -1.09. The lowest BCUT2D eigenvalue weighted by atomic mass is 9.74. The highest BCUT2D eigenvalue weighted by molar-refractivity contribution is 5.65.